The summed E-state index contributed by atoms with van der Waals surface area (Å²) in [7, 11) is 3.74. The molecule has 0 saturated heterocycles. The molecule has 0 saturated carbocycles. The maximum Gasteiger partial charge on any atom is 0.387 e. The fourth-order valence-electron chi connectivity index (χ4n) is 2.41. The molecule has 28 heavy (non-hydrogen) atoms. The summed E-state index contributed by atoms with van der Waals surface area (Å²) < 4.78 is 33.7. The van der Waals surface area contributed by atoms with Crippen LogP contribution in [0.1, 0.15) is 25.0 Å². The van der Waals surface area contributed by atoms with Crippen LogP contribution in [0.25, 0.3) is 0 Å². The Kier molecular flexibility index (Phi) is 12.1. The zero-order chi connectivity index (χ0) is 20.8. The van der Waals surface area contributed by atoms with Crippen molar-refractivity contribution in [2.24, 2.45) is 4.99 Å². The Morgan fingerprint density at radius 3 is 2.54 bits per heavy atom. The van der Waals surface area contributed by atoms with Gasteiger partial charge in [-0.2, -0.15) is 8.78 Å². The molecule has 1 rings (SSSR count). The average Bonchev–Trinajstić information content (AvgIpc) is 2.67. The SMILES string of the molecule is CCNC(=NCC(O)c1ccc(OC(F)F)cc1)NCCCN(C)CCOC. The van der Waals surface area contributed by atoms with Crippen molar-refractivity contribution in [3.8, 4) is 5.75 Å². The van der Waals surface area contributed by atoms with Gasteiger partial charge in [0.05, 0.1) is 19.3 Å². The second-order valence-corrected chi connectivity index (χ2v) is 6.26. The van der Waals surface area contributed by atoms with Crippen LogP contribution in [-0.4, -0.2) is 76.1 Å². The molecule has 3 N–H and O–H groups in total. The predicted molar refractivity (Wildman–Crippen MR) is 106 cm³/mol. The third-order valence-electron chi connectivity index (χ3n) is 3.94. The number of aliphatic imine (C=N–C) groups is 1. The van der Waals surface area contributed by atoms with E-state index in [1.165, 1.54) is 12.1 Å². The molecule has 0 radical (unpaired) electrons. The van der Waals surface area contributed by atoms with Crippen molar-refractivity contribution in [3.05, 3.63) is 29.8 Å². The van der Waals surface area contributed by atoms with E-state index in [0.717, 1.165) is 26.1 Å². The van der Waals surface area contributed by atoms with E-state index in [-0.39, 0.29) is 12.3 Å². The van der Waals surface area contributed by atoms with Crippen molar-refractivity contribution in [1.29, 1.82) is 0 Å². The van der Waals surface area contributed by atoms with Gasteiger partial charge in [0, 0.05) is 26.7 Å². The highest BCUT2D eigenvalue weighted by Crippen LogP contribution is 2.19. The van der Waals surface area contributed by atoms with Crippen LogP contribution < -0.4 is 15.4 Å². The van der Waals surface area contributed by atoms with E-state index >= 15 is 0 Å². The minimum absolute atomic E-state index is 0.0555. The number of likely N-dealkylation sites (N-methyl/N-ethyl adjacent to an activating group) is 1. The second kappa shape index (κ2) is 14.1. The monoisotopic (exact) mass is 402 g/mol. The third kappa shape index (κ3) is 10.4. The van der Waals surface area contributed by atoms with Gasteiger partial charge < -0.3 is 30.1 Å². The fourth-order valence-corrected chi connectivity index (χ4v) is 2.41. The number of alkyl halides is 2. The molecule has 0 aliphatic rings. The number of aliphatic hydroxyl groups excluding tert-OH is 1. The van der Waals surface area contributed by atoms with Crippen LogP contribution in [0, 0.1) is 0 Å². The maximum atomic E-state index is 12.2. The second-order valence-electron chi connectivity index (χ2n) is 6.26. The Bertz CT molecular complexity index is 559. The fraction of sp³-hybridized carbons (Fsp3) is 0.632. The summed E-state index contributed by atoms with van der Waals surface area (Å²) in [5, 5.41) is 16.6. The van der Waals surface area contributed by atoms with Crippen molar-refractivity contribution >= 4 is 5.96 Å². The maximum absolute atomic E-state index is 12.2. The molecule has 0 amide bonds. The molecule has 1 aromatic rings. The van der Waals surface area contributed by atoms with Gasteiger partial charge in [-0.15, -0.1) is 0 Å². The lowest BCUT2D eigenvalue weighted by Crippen LogP contribution is -2.39. The molecule has 1 unspecified atom stereocenters. The first-order valence-corrected chi connectivity index (χ1v) is 9.38. The van der Waals surface area contributed by atoms with Crippen molar-refractivity contribution < 1.29 is 23.4 Å². The Balaban J connectivity index is 2.45. The lowest BCUT2D eigenvalue weighted by molar-refractivity contribution is -0.0498. The Morgan fingerprint density at radius 2 is 1.93 bits per heavy atom. The summed E-state index contributed by atoms with van der Waals surface area (Å²) in [5.74, 6) is 0.679. The molecule has 1 atom stereocenters. The number of ether oxygens (including phenoxy) is 2. The van der Waals surface area contributed by atoms with Crippen LogP contribution >= 0.6 is 0 Å². The van der Waals surface area contributed by atoms with Crippen LogP contribution in [0.4, 0.5) is 8.78 Å². The van der Waals surface area contributed by atoms with Crippen LogP contribution in [0.5, 0.6) is 5.75 Å². The quantitative estimate of drug-likeness (QED) is 0.266. The number of methoxy groups -OCH3 is 1. The van der Waals surface area contributed by atoms with Gasteiger partial charge in [-0.1, -0.05) is 12.1 Å². The Hall–Kier alpha value is -1.97. The molecule has 9 heteroatoms. The molecule has 160 valence electrons. The zero-order valence-corrected chi connectivity index (χ0v) is 16.8. The summed E-state index contributed by atoms with van der Waals surface area (Å²) in [6.07, 6.45) is 0.106. The zero-order valence-electron chi connectivity index (χ0n) is 16.8. The molecular formula is C19H32F2N4O3. The molecular weight excluding hydrogens is 370 g/mol. The minimum atomic E-state index is -2.87. The summed E-state index contributed by atoms with van der Waals surface area (Å²) >= 11 is 0. The van der Waals surface area contributed by atoms with E-state index in [1.807, 2.05) is 14.0 Å². The number of nitrogens with one attached hydrogen (secondary N) is 2. The van der Waals surface area contributed by atoms with Crippen LogP contribution in [0.3, 0.4) is 0 Å². The van der Waals surface area contributed by atoms with Crippen LogP contribution in [0.15, 0.2) is 29.3 Å². The van der Waals surface area contributed by atoms with Gasteiger partial charge in [-0.25, -0.2) is 0 Å². The standard InChI is InChI=1S/C19H32F2N4O3/c1-4-22-19(23-10-5-11-25(2)12-13-27-3)24-14-17(26)15-6-8-16(9-7-15)28-18(20)21/h6-9,17-18,26H,4-5,10-14H2,1-3H3,(H2,22,23,24). The van der Waals surface area contributed by atoms with Crippen molar-refractivity contribution in [2.45, 2.75) is 26.1 Å². The molecule has 0 spiro atoms. The summed E-state index contributed by atoms with van der Waals surface area (Å²) in [5.41, 5.74) is 0.584. The van der Waals surface area contributed by atoms with E-state index < -0.39 is 12.7 Å². The Morgan fingerprint density at radius 1 is 1.21 bits per heavy atom. The minimum Gasteiger partial charge on any atom is -0.435 e. The van der Waals surface area contributed by atoms with Crippen molar-refractivity contribution in [2.75, 3.05) is 53.5 Å². The first-order chi connectivity index (χ1) is 13.5. The molecule has 0 fully saturated rings. The summed E-state index contributed by atoms with van der Waals surface area (Å²) in [4.78, 5) is 6.58. The number of halogens is 2. The normalized spacial score (nSPS) is 13.1. The highest BCUT2D eigenvalue weighted by molar-refractivity contribution is 5.79. The van der Waals surface area contributed by atoms with E-state index in [0.29, 0.717) is 24.7 Å². The van der Waals surface area contributed by atoms with Gasteiger partial charge in [0.2, 0.25) is 0 Å². The summed E-state index contributed by atoms with van der Waals surface area (Å²) in [6.45, 7) is 3.24. The molecule has 0 aliphatic carbocycles. The van der Waals surface area contributed by atoms with Gasteiger partial charge in [0.1, 0.15) is 5.75 Å². The van der Waals surface area contributed by atoms with E-state index in [2.05, 4.69) is 25.3 Å². The third-order valence-corrected chi connectivity index (χ3v) is 3.94. The van der Waals surface area contributed by atoms with E-state index in [4.69, 9.17) is 4.74 Å². The largest absolute Gasteiger partial charge is 0.435 e. The van der Waals surface area contributed by atoms with Crippen LogP contribution in [-0.2, 0) is 4.74 Å². The van der Waals surface area contributed by atoms with E-state index in [1.54, 1.807) is 19.2 Å². The Labute approximate surface area is 165 Å². The molecule has 0 aromatic heterocycles. The highest BCUT2D eigenvalue weighted by Gasteiger charge is 2.09. The van der Waals surface area contributed by atoms with Gasteiger partial charge in [-0.3, -0.25) is 4.99 Å². The van der Waals surface area contributed by atoms with E-state index in [9.17, 15) is 13.9 Å². The molecule has 0 heterocycles. The lowest BCUT2D eigenvalue weighted by Gasteiger charge is -2.17. The summed E-state index contributed by atoms with van der Waals surface area (Å²) in [6, 6.07) is 5.90. The van der Waals surface area contributed by atoms with Gasteiger partial charge in [0.15, 0.2) is 5.96 Å². The first kappa shape index (κ1) is 24.1. The van der Waals surface area contributed by atoms with Gasteiger partial charge >= 0.3 is 6.61 Å². The smallest absolute Gasteiger partial charge is 0.387 e. The number of guanidine groups is 1. The molecule has 0 aliphatic heterocycles. The predicted octanol–water partition coefficient (Wildman–Crippen LogP) is 1.84. The topological polar surface area (TPSA) is 78.4 Å². The van der Waals surface area contributed by atoms with Crippen LogP contribution in [0.2, 0.25) is 0 Å². The molecule has 1 aromatic carbocycles. The first-order valence-electron chi connectivity index (χ1n) is 9.38. The van der Waals surface area contributed by atoms with Gasteiger partial charge in [-0.05, 0) is 44.6 Å². The average molecular weight is 402 g/mol. The molecule has 0 bridgehead atoms. The number of aliphatic hydroxyl groups is 1. The van der Waals surface area contributed by atoms with Crippen molar-refractivity contribution in [3.63, 3.8) is 0 Å². The number of nitrogens with zero attached hydrogens (tertiary/aromatic N) is 2. The van der Waals surface area contributed by atoms with Gasteiger partial charge in [0.25, 0.3) is 0 Å². The number of hydrogen-bond donors (Lipinski definition) is 3. The molecule has 7 nitrogen and oxygen atoms in total. The van der Waals surface area contributed by atoms with Crippen molar-refractivity contribution in [1.82, 2.24) is 15.5 Å². The number of benzene rings is 1. The number of hydrogen-bond acceptors (Lipinski definition) is 5. The number of rotatable bonds is 13. The highest BCUT2D eigenvalue weighted by atomic mass is 19.3. The lowest BCUT2D eigenvalue weighted by atomic mass is 10.1.